The molecule has 0 amide bonds. The van der Waals surface area contributed by atoms with E-state index in [4.69, 9.17) is 9.84 Å². The summed E-state index contributed by atoms with van der Waals surface area (Å²) in [7, 11) is 2.06. The molecule has 1 fully saturated rings. The van der Waals surface area contributed by atoms with Crippen LogP contribution in [0.1, 0.15) is 0 Å². The minimum Gasteiger partial charge on any atom is -0.394 e. The quantitative estimate of drug-likeness (QED) is 0.399. The van der Waals surface area contributed by atoms with Crippen molar-refractivity contribution in [2.45, 2.75) is 12.0 Å². The zero-order valence-electron chi connectivity index (χ0n) is 5.63. The van der Waals surface area contributed by atoms with E-state index in [1.807, 2.05) is 0 Å². The molecule has 3 nitrogen and oxygen atoms in total. The predicted molar refractivity (Wildman–Crippen MR) is 37.2 cm³/mol. The number of ether oxygens (including phenoxy) is 1. The molecule has 0 aromatic rings. The number of hydrogen-bond donors (Lipinski definition) is 2. The lowest BCUT2D eigenvalue weighted by atomic mass is 9.96. The van der Waals surface area contributed by atoms with Crippen molar-refractivity contribution in [1.82, 2.24) is 5.32 Å². The van der Waals surface area contributed by atoms with Gasteiger partial charge in [-0.15, -0.1) is 0 Å². The van der Waals surface area contributed by atoms with Crippen LogP contribution in [0.3, 0.4) is 0 Å². The zero-order chi connectivity index (χ0) is 6.69. The number of morpholine rings is 1. The van der Waals surface area contributed by atoms with E-state index in [-0.39, 0.29) is 12.7 Å². The normalized spacial score (nSPS) is 36.6. The van der Waals surface area contributed by atoms with Gasteiger partial charge in [-0.2, -0.15) is 0 Å². The lowest BCUT2D eigenvalue weighted by Gasteiger charge is -2.26. The van der Waals surface area contributed by atoms with E-state index in [2.05, 4.69) is 13.2 Å². The molecule has 1 heterocycles. The fraction of sp³-hybridized carbons (Fsp3) is 1.00. The van der Waals surface area contributed by atoms with Gasteiger partial charge in [0, 0.05) is 6.54 Å². The maximum atomic E-state index is 8.61. The number of aliphatic hydroxyl groups excluding tert-OH is 1. The highest BCUT2D eigenvalue weighted by Gasteiger charge is 2.15. The van der Waals surface area contributed by atoms with Gasteiger partial charge in [0.05, 0.1) is 19.3 Å². The van der Waals surface area contributed by atoms with Gasteiger partial charge in [-0.25, -0.2) is 0 Å². The molecule has 0 bridgehead atoms. The van der Waals surface area contributed by atoms with Crippen molar-refractivity contribution in [2.75, 3.05) is 19.8 Å². The van der Waals surface area contributed by atoms with Crippen molar-refractivity contribution in [2.24, 2.45) is 0 Å². The molecule has 0 aromatic carbocycles. The molecule has 0 aliphatic carbocycles. The highest BCUT2D eigenvalue weighted by Crippen LogP contribution is 1.96. The van der Waals surface area contributed by atoms with Crippen LogP contribution in [0.15, 0.2) is 0 Å². The van der Waals surface area contributed by atoms with Crippen molar-refractivity contribution in [3.8, 4) is 0 Å². The Bertz CT molecular complexity index is 83.0. The Kier molecular flexibility index (Phi) is 2.51. The van der Waals surface area contributed by atoms with Gasteiger partial charge in [-0.3, -0.25) is 0 Å². The molecule has 52 valence electrons. The maximum Gasteiger partial charge on any atom is 0.126 e. The smallest absolute Gasteiger partial charge is 0.126 e. The summed E-state index contributed by atoms with van der Waals surface area (Å²) in [5.74, 6) is 0.438. The van der Waals surface area contributed by atoms with Gasteiger partial charge in [0.1, 0.15) is 7.85 Å². The summed E-state index contributed by atoms with van der Waals surface area (Å²) in [6, 6.07) is 0. The number of rotatable bonds is 1. The van der Waals surface area contributed by atoms with E-state index in [1.54, 1.807) is 0 Å². The van der Waals surface area contributed by atoms with Gasteiger partial charge in [-0.1, -0.05) is 0 Å². The van der Waals surface area contributed by atoms with E-state index >= 15 is 0 Å². The average Bonchev–Trinajstić information content (AvgIpc) is 1.90. The Morgan fingerprint density at radius 3 is 3.00 bits per heavy atom. The predicted octanol–water partition coefficient (Wildman–Crippen LogP) is -2.07. The monoisotopic (exact) mass is 129 g/mol. The first-order valence-corrected chi connectivity index (χ1v) is 3.28. The van der Waals surface area contributed by atoms with Crippen LogP contribution in [0.2, 0.25) is 0 Å². The van der Waals surface area contributed by atoms with Crippen LogP contribution in [0.4, 0.5) is 0 Å². The largest absolute Gasteiger partial charge is 0.394 e. The molecule has 0 aromatic heterocycles. The molecule has 1 aliphatic heterocycles. The van der Waals surface area contributed by atoms with Crippen molar-refractivity contribution in [1.29, 1.82) is 0 Å². The SMILES string of the molecule is BC1COC(CO)CN1. The molecule has 0 spiro atoms. The van der Waals surface area contributed by atoms with Gasteiger partial charge >= 0.3 is 0 Å². The first-order valence-electron chi connectivity index (χ1n) is 3.28. The Labute approximate surface area is 55.8 Å². The molecule has 1 aliphatic rings. The second kappa shape index (κ2) is 3.20. The molecule has 2 atom stereocenters. The van der Waals surface area contributed by atoms with Crippen LogP contribution in [-0.4, -0.2) is 44.8 Å². The van der Waals surface area contributed by atoms with Crippen LogP contribution >= 0.6 is 0 Å². The maximum absolute atomic E-state index is 8.61. The standard InChI is InChI=1S/C5H12BNO2/c6-5-3-9-4(2-8)1-7-5/h4-5,7-8H,1-3,6H2. The van der Waals surface area contributed by atoms with Gasteiger partial charge in [-0.05, 0) is 5.94 Å². The summed E-state index contributed by atoms with van der Waals surface area (Å²) in [4.78, 5) is 0. The average molecular weight is 129 g/mol. The molecule has 0 saturated carbocycles. The van der Waals surface area contributed by atoms with E-state index < -0.39 is 0 Å². The van der Waals surface area contributed by atoms with Crippen LogP contribution in [0.5, 0.6) is 0 Å². The molecular formula is C5H12BNO2. The molecular weight excluding hydrogens is 117 g/mol. The second-order valence-electron chi connectivity index (χ2n) is 2.45. The second-order valence-corrected chi connectivity index (χ2v) is 2.45. The van der Waals surface area contributed by atoms with E-state index in [0.717, 1.165) is 6.54 Å². The molecule has 1 rings (SSSR count). The van der Waals surface area contributed by atoms with Crippen LogP contribution in [-0.2, 0) is 4.74 Å². The van der Waals surface area contributed by atoms with Crippen molar-refractivity contribution in [3.05, 3.63) is 0 Å². The Balaban J connectivity index is 2.18. The molecule has 4 heteroatoms. The highest BCUT2D eigenvalue weighted by atomic mass is 16.5. The fourth-order valence-electron chi connectivity index (χ4n) is 0.848. The van der Waals surface area contributed by atoms with E-state index in [1.165, 1.54) is 0 Å². The summed E-state index contributed by atoms with van der Waals surface area (Å²) in [6.45, 7) is 1.61. The lowest BCUT2D eigenvalue weighted by molar-refractivity contribution is -0.0128. The fourth-order valence-corrected chi connectivity index (χ4v) is 0.848. The number of nitrogens with one attached hydrogen (secondary N) is 1. The highest BCUT2D eigenvalue weighted by molar-refractivity contribution is 6.11. The van der Waals surface area contributed by atoms with Crippen molar-refractivity contribution >= 4 is 7.85 Å². The third kappa shape index (κ3) is 1.97. The summed E-state index contributed by atoms with van der Waals surface area (Å²) in [5, 5.41) is 11.8. The molecule has 2 unspecified atom stereocenters. The first kappa shape index (κ1) is 7.06. The third-order valence-electron chi connectivity index (χ3n) is 1.48. The molecule has 1 saturated heterocycles. The number of aliphatic hydroxyl groups is 1. The summed E-state index contributed by atoms with van der Waals surface area (Å²) in [6.07, 6.45) is 0.0150. The topological polar surface area (TPSA) is 41.5 Å². The Hall–Kier alpha value is -0.0551. The molecule has 2 N–H and O–H groups in total. The zero-order valence-corrected chi connectivity index (χ0v) is 5.63. The summed E-state index contributed by atoms with van der Waals surface area (Å²) in [5.41, 5.74) is 0. The Morgan fingerprint density at radius 1 is 1.78 bits per heavy atom. The van der Waals surface area contributed by atoms with E-state index in [9.17, 15) is 0 Å². The van der Waals surface area contributed by atoms with E-state index in [0.29, 0.717) is 12.5 Å². The van der Waals surface area contributed by atoms with Gasteiger partial charge in [0.2, 0.25) is 0 Å². The van der Waals surface area contributed by atoms with Gasteiger partial charge in [0.15, 0.2) is 0 Å². The summed E-state index contributed by atoms with van der Waals surface area (Å²) >= 11 is 0. The van der Waals surface area contributed by atoms with Crippen molar-refractivity contribution < 1.29 is 9.84 Å². The van der Waals surface area contributed by atoms with Gasteiger partial charge in [0.25, 0.3) is 0 Å². The third-order valence-corrected chi connectivity index (χ3v) is 1.48. The van der Waals surface area contributed by atoms with Gasteiger partial charge < -0.3 is 15.2 Å². The van der Waals surface area contributed by atoms with Crippen LogP contribution in [0, 0.1) is 0 Å². The number of hydrogen-bond acceptors (Lipinski definition) is 3. The Morgan fingerprint density at radius 2 is 2.56 bits per heavy atom. The summed E-state index contributed by atoms with van der Waals surface area (Å²) < 4.78 is 5.23. The lowest BCUT2D eigenvalue weighted by Crippen LogP contribution is -2.47. The molecule has 0 radical (unpaired) electrons. The molecule has 9 heavy (non-hydrogen) atoms. The van der Waals surface area contributed by atoms with Crippen molar-refractivity contribution in [3.63, 3.8) is 0 Å². The minimum absolute atomic E-state index is 0.0150. The minimum atomic E-state index is 0.0150. The van der Waals surface area contributed by atoms with Crippen LogP contribution in [0.25, 0.3) is 0 Å². The van der Waals surface area contributed by atoms with Crippen LogP contribution < -0.4 is 5.32 Å². The first-order chi connectivity index (χ1) is 4.33.